The highest BCUT2D eigenvalue weighted by Gasteiger charge is 2.38. The van der Waals surface area contributed by atoms with Crippen LogP contribution in [0.25, 0.3) is 0 Å². The van der Waals surface area contributed by atoms with Crippen LogP contribution in [0.15, 0.2) is 18.2 Å². The van der Waals surface area contributed by atoms with E-state index in [9.17, 15) is 4.79 Å². The van der Waals surface area contributed by atoms with E-state index in [1.807, 2.05) is 18.2 Å². The summed E-state index contributed by atoms with van der Waals surface area (Å²) in [5, 5.41) is 3.76. The van der Waals surface area contributed by atoms with Crippen LogP contribution in [0.4, 0.5) is 0 Å². The molecule has 2 aliphatic rings. The molecule has 3 N–H and O–H groups in total. The second kappa shape index (κ2) is 10.6. The van der Waals surface area contributed by atoms with Crippen molar-refractivity contribution in [2.24, 2.45) is 11.7 Å². The van der Waals surface area contributed by atoms with Gasteiger partial charge in [-0.1, -0.05) is 11.6 Å². The highest BCUT2D eigenvalue weighted by molar-refractivity contribution is 6.30. The Bertz CT molecular complexity index is 647. The standard InChI is InChI=1S/C20H29ClN2O4.ClH/c1-25-17-3-2-15(21)12-16(17)20(6-10-27-11-7-20)13-23-19(24)18(22)14-4-8-26-9-5-14;/h2-3,12,14,18H,4-11,13,22H2,1H3,(H,23,24);1H. The number of nitrogens with one attached hydrogen (secondary N) is 1. The van der Waals surface area contributed by atoms with Gasteiger partial charge >= 0.3 is 0 Å². The third kappa shape index (κ3) is 5.30. The first-order valence-corrected chi connectivity index (χ1v) is 9.96. The van der Waals surface area contributed by atoms with E-state index >= 15 is 0 Å². The zero-order chi connectivity index (χ0) is 19.3. The molecule has 1 aromatic carbocycles. The summed E-state index contributed by atoms with van der Waals surface area (Å²) in [7, 11) is 1.65. The van der Waals surface area contributed by atoms with Gasteiger partial charge in [-0.25, -0.2) is 0 Å². The lowest BCUT2D eigenvalue weighted by atomic mass is 9.73. The number of carbonyl (C=O) groups excluding carboxylic acids is 1. The molecule has 0 spiro atoms. The lowest BCUT2D eigenvalue weighted by molar-refractivity contribution is -0.124. The SMILES string of the molecule is COc1ccc(Cl)cc1C1(CNC(=O)C(N)C2CCOCC2)CCOCC1.Cl. The van der Waals surface area contributed by atoms with Crippen molar-refractivity contribution >= 4 is 29.9 Å². The van der Waals surface area contributed by atoms with E-state index < -0.39 is 6.04 Å². The molecule has 0 aromatic heterocycles. The number of ether oxygens (including phenoxy) is 3. The maximum atomic E-state index is 12.7. The number of benzene rings is 1. The first-order valence-electron chi connectivity index (χ1n) is 9.58. The van der Waals surface area contributed by atoms with Crippen molar-refractivity contribution in [2.45, 2.75) is 37.1 Å². The summed E-state index contributed by atoms with van der Waals surface area (Å²) in [4.78, 5) is 12.7. The summed E-state index contributed by atoms with van der Waals surface area (Å²) < 4.78 is 16.5. The Hall–Kier alpha value is -1.05. The molecular weight excluding hydrogens is 403 g/mol. The number of nitrogens with two attached hydrogens (primary N) is 1. The molecule has 8 heteroatoms. The van der Waals surface area contributed by atoms with Crippen LogP contribution >= 0.6 is 24.0 Å². The lowest BCUT2D eigenvalue weighted by Crippen LogP contribution is -2.51. The first-order chi connectivity index (χ1) is 13.1. The van der Waals surface area contributed by atoms with Gasteiger partial charge in [0.1, 0.15) is 5.75 Å². The number of methoxy groups -OCH3 is 1. The van der Waals surface area contributed by atoms with Crippen LogP contribution in [0.1, 0.15) is 31.2 Å². The monoisotopic (exact) mass is 432 g/mol. The van der Waals surface area contributed by atoms with E-state index in [1.54, 1.807) is 7.11 Å². The molecular formula is C20H30Cl2N2O4. The second-order valence-corrected chi connectivity index (χ2v) is 7.87. The van der Waals surface area contributed by atoms with Gasteiger partial charge in [0.15, 0.2) is 0 Å². The maximum absolute atomic E-state index is 12.7. The number of hydrogen-bond donors (Lipinski definition) is 2. The topological polar surface area (TPSA) is 82.8 Å². The number of halogens is 2. The summed E-state index contributed by atoms with van der Waals surface area (Å²) in [5.41, 5.74) is 6.97. The van der Waals surface area contributed by atoms with E-state index in [4.69, 9.17) is 31.5 Å². The molecule has 2 heterocycles. The molecule has 3 rings (SSSR count). The van der Waals surface area contributed by atoms with Gasteiger partial charge in [-0.15, -0.1) is 12.4 Å². The van der Waals surface area contributed by atoms with Crippen LogP contribution in [0.2, 0.25) is 5.02 Å². The fraction of sp³-hybridized carbons (Fsp3) is 0.650. The smallest absolute Gasteiger partial charge is 0.237 e. The summed E-state index contributed by atoms with van der Waals surface area (Å²) in [6, 6.07) is 5.13. The van der Waals surface area contributed by atoms with Crippen molar-refractivity contribution in [1.29, 1.82) is 0 Å². The molecule has 158 valence electrons. The molecule has 0 radical (unpaired) electrons. The molecule has 1 amide bonds. The van der Waals surface area contributed by atoms with E-state index in [1.165, 1.54) is 0 Å². The Morgan fingerprint density at radius 2 is 1.93 bits per heavy atom. The van der Waals surface area contributed by atoms with Crippen molar-refractivity contribution in [3.05, 3.63) is 28.8 Å². The predicted molar refractivity (Wildman–Crippen MR) is 112 cm³/mol. The van der Waals surface area contributed by atoms with Crippen LogP contribution in [0, 0.1) is 5.92 Å². The van der Waals surface area contributed by atoms with Crippen LogP contribution in [0.5, 0.6) is 5.75 Å². The minimum Gasteiger partial charge on any atom is -0.496 e. The normalized spacial score (nSPS) is 20.7. The number of hydrogen-bond acceptors (Lipinski definition) is 5. The fourth-order valence-electron chi connectivity index (χ4n) is 4.06. The largest absolute Gasteiger partial charge is 0.496 e. The van der Waals surface area contributed by atoms with Gasteiger partial charge in [-0.05, 0) is 49.8 Å². The van der Waals surface area contributed by atoms with Gasteiger partial charge in [0.25, 0.3) is 0 Å². The molecule has 0 aliphatic carbocycles. The minimum atomic E-state index is -0.507. The van der Waals surface area contributed by atoms with Crippen molar-refractivity contribution in [3.63, 3.8) is 0 Å². The Kier molecular flexibility index (Phi) is 8.83. The Morgan fingerprint density at radius 1 is 1.29 bits per heavy atom. The second-order valence-electron chi connectivity index (χ2n) is 7.43. The van der Waals surface area contributed by atoms with Gasteiger partial charge in [0.2, 0.25) is 5.91 Å². The van der Waals surface area contributed by atoms with Gasteiger partial charge in [0, 0.05) is 49.0 Å². The predicted octanol–water partition coefficient (Wildman–Crippen LogP) is 2.69. The average molecular weight is 433 g/mol. The van der Waals surface area contributed by atoms with Gasteiger partial charge in [-0.2, -0.15) is 0 Å². The van der Waals surface area contributed by atoms with E-state index in [2.05, 4.69) is 5.32 Å². The Balaban J connectivity index is 0.00000280. The number of amides is 1. The molecule has 6 nitrogen and oxygen atoms in total. The molecule has 0 bridgehead atoms. The van der Waals surface area contributed by atoms with E-state index in [0.29, 0.717) is 38.0 Å². The first kappa shape index (κ1) is 23.2. The highest BCUT2D eigenvalue weighted by Crippen LogP contribution is 2.40. The van der Waals surface area contributed by atoms with Crippen LogP contribution in [0.3, 0.4) is 0 Å². The summed E-state index contributed by atoms with van der Waals surface area (Å²) in [6.45, 7) is 3.11. The Labute approximate surface area is 177 Å². The third-order valence-electron chi connectivity index (χ3n) is 5.86. The highest BCUT2D eigenvalue weighted by atomic mass is 35.5. The van der Waals surface area contributed by atoms with Crippen molar-refractivity contribution in [1.82, 2.24) is 5.32 Å². The fourth-order valence-corrected chi connectivity index (χ4v) is 4.23. The molecule has 28 heavy (non-hydrogen) atoms. The van der Waals surface area contributed by atoms with Crippen LogP contribution in [-0.4, -0.2) is 52.0 Å². The van der Waals surface area contributed by atoms with Gasteiger partial charge in [-0.3, -0.25) is 4.79 Å². The quantitative estimate of drug-likeness (QED) is 0.721. The third-order valence-corrected chi connectivity index (χ3v) is 6.10. The summed E-state index contributed by atoms with van der Waals surface area (Å²) in [6.07, 6.45) is 3.23. The average Bonchev–Trinajstić information content (AvgIpc) is 2.72. The lowest BCUT2D eigenvalue weighted by Gasteiger charge is -2.39. The van der Waals surface area contributed by atoms with Crippen LogP contribution < -0.4 is 15.8 Å². The number of rotatable bonds is 6. The molecule has 2 fully saturated rings. The zero-order valence-electron chi connectivity index (χ0n) is 16.2. The maximum Gasteiger partial charge on any atom is 0.237 e. The molecule has 2 aliphatic heterocycles. The molecule has 1 unspecified atom stereocenters. The van der Waals surface area contributed by atoms with Gasteiger partial charge in [0.05, 0.1) is 13.2 Å². The van der Waals surface area contributed by atoms with E-state index in [-0.39, 0.29) is 29.6 Å². The molecule has 0 saturated carbocycles. The van der Waals surface area contributed by atoms with Gasteiger partial charge < -0.3 is 25.3 Å². The molecule has 2 saturated heterocycles. The van der Waals surface area contributed by atoms with Crippen molar-refractivity contribution in [3.8, 4) is 5.75 Å². The minimum absolute atomic E-state index is 0. The van der Waals surface area contributed by atoms with Crippen LogP contribution in [-0.2, 0) is 19.7 Å². The molecule has 1 aromatic rings. The zero-order valence-corrected chi connectivity index (χ0v) is 17.8. The van der Waals surface area contributed by atoms with Crippen molar-refractivity contribution in [2.75, 3.05) is 40.1 Å². The summed E-state index contributed by atoms with van der Waals surface area (Å²) in [5.74, 6) is 0.850. The Morgan fingerprint density at radius 3 is 2.57 bits per heavy atom. The van der Waals surface area contributed by atoms with Crippen molar-refractivity contribution < 1.29 is 19.0 Å². The van der Waals surface area contributed by atoms with E-state index in [0.717, 1.165) is 37.0 Å². The molecule has 1 atom stereocenters. The summed E-state index contributed by atoms with van der Waals surface area (Å²) >= 11 is 6.26. The number of carbonyl (C=O) groups is 1.